The lowest BCUT2D eigenvalue weighted by molar-refractivity contribution is 0.475. The van der Waals surface area contributed by atoms with Gasteiger partial charge in [0.25, 0.3) is 0 Å². The first-order valence-corrected chi connectivity index (χ1v) is 6.40. The van der Waals surface area contributed by atoms with Crippen molar-refractivity contribution in [2.75, 3.05) is 0 Å². The van der Waals surface area contributed by atoms with Gasteiger partial charge in [-0.1, -0.05) is 27.5 Å². The lowest BCUT2D eigenvalue weighted by Crippen LogP contribution is -2.12. The molecule has 0 saturated heterocycles. The number of ether oxygens (including phenoxy) is 1. The quantitative estimate of drug-likeness (QED) is 0.644. The van der Waals surface area contributed by atoms with Crippen LogP contribution in [0.25, 0.3) is 0 Å². The molecule has 98 valence electrons. The van der Waals surface area contributed by atoms with E-state index in [1.165, 1.54) is 18.2 Å². The van der Waals surface area contributed by atoms with Crippen LogP contribution in [0.1, 0.15) is 5.56 Å². The smallest absolute Gasteiger partial charge is 0.138 e. The van der Waals surface area contributed by atoms with E-state index in [2.05, 4.69) is 15.9 Å². The van der Waals surface area contributed by atoms with Crippen LogP contribution in [-0.2, 0) is 0 Å². The van der Waals surface area contributed by atoms with Gasteiger partial charge in [0.2, 0.25) is 0 Å². The maximum absolute atomic E-state index is 13.3. The predicted molar refractivity (Wildman–Crippen MR) is 76.6 cm³/mol. The summed E-state index contributed by atoms with van der Waals surface area (Å²) in [6, 6.07) is 8.88. The molecular formula is C13H9BrClFN2O. The first kappa shape index (κ1) is 13.8. The van der Waals surface area contributed by atoms with Crippen molar-refractivity contribution in [3.8, 4) is 11.5 Å². The van der Waals surface area contributed by atoms with E-state index in [0.29, 0.717) is 26.6 Å². The second-order valence-electron chi connectivity index (χ2n) is 3.76. The molecule has 0 bridgehead atoms. The zero-order chi connectivity index (χ0) is 14.0. The standard InChI is InChI=1S/C13H9BrClFN2O/c14-7-3-9(16)6-10(4-7)19-12-2-1-8(15)5-11(12)13(17)18/h1-6H,(H3,17,18). The number of hydrogen-bond donors (Lipinski definition) is 2. The van der Waals surface area contributed by atoms with Crippen molar-refractivity contribution in [3.05, 3.63) is 57.3 Å². The molecular weight excluding hydrogens is 335 g/mol. The Morgan fingerprint density at radius 3 is 2.63 bits per heavy atom. The summed E-state index contributed by atoms with van der Waals surface area (Å²) in [6.45, 7) is 0. The van der Waals surface area contributed by atoms with Gasteiger partial charge in [-0.2, -0.15) is 0 Å². The number of halogens is 3. The third-order valence-corrected chi connectivity index (χ3v) is 2.99. The number of rotatable bonds is 3. The van der Waals surface area contributed by atoms with Crippen molar-refractivity contribution in [2.45, 2.75) is 0 Å². The highest BCUT2D eigenvalue weighted by Crippen LogP contribution is 2.29. The molecule has 2 aromatic carbocycles. The Hall–Kier alpha value is -1.59. The van der Waals surface area contributed by atoms with Crippen molar-refractivity contribution >= 4 is 33.4 Å². The highest BCUT2D eigenvalue weighted by atomic mass is 79.9. The van der Waals surface area contributed by atoms with Gasteiger partial charge in [0.1, 0.15) is 23.2 Å². The molecule has 0 unspecified atom stereocenters. The second kappa shape index (κ2) is 5.59. The fourth-order valence-corrected chi connectivity index (χ4v) is 2.13. The summed E-state index contributed by atoms with van der Waals surface area (Å²) in [5, 5.41) is 7.92. The zero-order valence-electron chi connectivity index (χ0n) is 9.58. The first-order chi connectivity index (χ1) is 8.95. The van der Waals surface area contributed by atoms with Gasteiger partial charge < -0.3 is 10.5 Å². The van der Waals surface area contributed by atoms with E-state index >= 15 is 0 Å². The minimum Gasteiger partial charge on any atom is -0.456 e. The van der Waals surface area contributed by atoms with E-state index in [-0.39, 0.29) is 5.84 Å². The molecule has 0 heterocycles. The van der Waals surface area contributed by atoms with E-state index in [4.69, 9.17) is 27.5 Å². The number of benzene rings is 2. The van der Waals surface area contributed by atoms with Crippen LogP contribution < -0.4 is 10.5 Å². The highest BCUT2D eigenvalue weighted by molar-refractivity contribution is 9.10. The third-order valence-electron chi connectivity index (χ3n) is 2.30. The molecule has 2 rings (SSSR count). The Bertz CT molecular complexity index is 628. The van der Waals surface area contributed by atoms with E-state index < -0.39 is 5.82 Å². The van der Waals surface area contributed by atoms with Crippen LogP contribution in [0.2, 0.25) is 5.02 Å². The molecule has 0 spiro atoms. The molecule has 0 aliphatic carbocycles. The lowest BCUT2D eigenvalue weighted by atomic mass is 10.2. The average Bonchev–Trinajstić information content (AvgIpc) is 2.30. The number of nitrogens with one attached hydrogen (secondary N) is 1. The monoisotopic (exact) mass is 342 g/mol. The van der Waals surface area contributed by atoms with Gasteiger partial charge in [-0.25, -0.2) is 4.39 Å². The minimum atomic E-state index is -0.428. The Labute approximate surface area is 122 Å². The first-order valence-electron chi connectivity index (χ1n) is 5.23. The Balaban J connectivity index is 2.40. The van der Waals surface area contributed by atoms with Crippen LogP contribution in [0, 0.1) is 11.2 Å². The predicted octanol–water partition coefficient (Wildman–Crippen LogP) is 4.32. The Kier molecular flexibility index (Phi) is 4.07. The number of amidine groups is 1. The summed E-state index contributed by atoms with van der Waals surface area (Å²) in [4.78, 5) is 0. The molecule has 0 aliphatic rings. The normalized spacial score (nSPS) is 10.3. The molecule has 0 saturated carbocycles. The van der Waals surface area contributed by atoms with Crippen LogP contribution in [0.5, 0.6) is 11.5 Å². The van der Waals surface area contributed by atoms with E-state index in [1.54, 1.807) is 18.2 Å². The Morgan fingerprint density at radius 2 is 2.00 bits per heavy atom. The summed E-state index contributed by atoms with van der Waals surface area (Å²) in [6.07, 6.45) is 0. The SMILES string of the molecule is N=C(N)c1cc(Cl)ccc1Oc1cc(F)cc(Br)c1. The molecule has 0 radical (unpaired) electrons. The summed E-state index contributed by atoms with van der Waals surface area (Å²) in [5.74, 6) is 0.0433. The number of hydrogen-bond acceptors (Lipinski definition) is 2. The van der Waals surface area contributed by atoms with Gasteiger partial charge >= 0.3 is 0 Å². The van der Waals surface area contributed by atoms with Gasteiger partial charge in [0.05, 0.1) is 5.56 Å². The minimum absolute atomic E-state index is 0.173. The van der Waals surface area contributed by atoms with Crippen LogP contribution in [0.15, 0.2) is 40.9 Å². The highest BCUT2D eigenvalue weighted by Gasteiger charge is 2.10. The molecule has 3 nitrogen and oxygen atoms in total. The molecule has 6 heteroatoms. The largest absolute Gasteiger partial charge is 0.456 e. The van der Waals surface area contributed by atoms with E-state index in [1.807, 2.05) is 0 Å². The van der Waals surface area contributed by atoms with Crippen molar-refractivity contribution in [1.29, 1.82) is 5.41 Å². The number of nitrogen functional groups attached to an aromatic ring is 1. The summed E-state index contributed by atoms with van der Waals surface area (Å²) in [7, 11) is 0. The lowest BCUT2D eigenvalue weighted by Gasteiger charge is -2.11. The van der Waals surface area contributed by atoms with Crippen molar-refractivity contribution in [3.63, 3.8) is 0 Å². The maximum atomic E-state index is 13.3. The topological polar surface area (TPSA) is 59.1 Å². The second-order valence-corrected chi connectivity index (χ2v) is 5.11. The molecule has 19 heavy (non-hydrogen) atoms. The maximum Gasteiger partial charge on any atom is 0.138 e. The molecule has 0 aromatic heterocycles. The van der Waals surface area contributed by atoms with Crippen LogP contribution in [0.4, 0.5) is 4.39 Å². The average molecular weight is 344 g/mol. The van der Waals surface area contributed by atoms with Gasteiger partial charge in [0.15, 0.2) is 0 Å². The molecule has 2 aromatic rings. The molecule has 0 fully saturated rings. The molecule has 0 amide bonds. The van der Waals surface area contributed by atoms with Crippen LogP contribution in [0.3, 0.4) is 0 Å². The zero-order valence-corrected chi connectivity index (χ0v) is 11.9. The van der Waals surface area contributed by atoms with E-state index in [9.17, 15) is 4.39 Å². The van der Waals surface area contributed by atoms with Crippen LogP contribution in [-0.4, -0.2) is 5.84 Å². The fourth-order valence-electron chi connectivity index (χ4n) is 1.52. The summed E-state index contributed by atoms with van der Waals surface area (Å²) >= 11 is 9.02. The summed E-state index contributed by atoms with van der Waals surface area (Å²) in [5.41, 5.74) is 5.81. The van der Waals surface area contributed by atoms with Gasteiger partial charge in [-0.3, -0.25) is 5.41 Å². The third kappa shape index (κ3) is 3.45. The van der Waals surface area contributed by atoms with Gasteiger partial charge in [0, 0.05) is 15.6 Å². The fraction of sp³-hybridized carbons (Fsp3) is 0. The molecule has 0 atom stereocenters. The van der Waals surface area contributed by atoms with Crippen molar-refractivity contribution in [2.24, 2.45) is 5.73 Å². The molecule has 0 aliphatic heterocycles. The molecule has 3 N–H and O–H groups in total. The van der Waals surface area contributed by atoms with Crippen molar-refractivity contribution < 1.29 is 9.13 Å². The van der Waals surface area contributed by atoms with Crippen LogP contribution >= 0.6 is 27.5 Å². The summed E-state index contributed by atoms with van der Waals surface area (Å²) < 4.78 is 19.4. The van der Waals surface area contributed by atoms with Crippen molar-refractivity contribution in [1.82, 2.24) is 0 Å². The van der Waals surface area contributed by atoms with Gasteiger partial charge in [-0.05, 0) is 30.3 Å². The van der Waals surface area contributed by atoms with E-state index in [0.717, 1.165) is 0 Å². The van der Waals surface area contributed by atoms with Gasteiger partial charge in [-0.15, -0.1) is 0 Å². The number of nitrogens with two attached hydrogens (primary N) is 1. The Morgan fingerprint density at radius 1 is 1.26 bits per heavy atom.